The van der Waals surface area contributed by atoms with E-state index in [1.165, 1.54) is 0 Å². The van der Waals surface area contributed by atoms with Gasteiger partial charge in [-0.05, 0) is 17.9 Å². The van der Waals surface area contributed by atoms with Crippen molar-refractivity contribution in [1.82, 2.24) is 5.32 Å². The molecule has 1 atom stereocenters. The fraction of sp³-hybridized carbons (Fsp3) is 0.429. The Labute approximate surface area is 101 Å². The summed E-state index contributed by atoms with van der Waals surface area (Å²) < 4.78 is 0. The van der Waals surface area contributed by atoms with Gasteiger partial charge in [0.2, 0.25) is 11.8 Å². The third-order valence-corrected chi connectivity index (χ3v) is 3.68. The van der Waals surface area contributed by atoms with Gasteiger partial charge in [0, 0.05) is 6.42 Å². The van der Waals surface area contributed by atoms with Crippen LogP contribution in [0.2, 0.25) is 0 Å². The van der Waals surface area contributed by atoms with Gasteiger partial charge in [0.05, 0.1) is 5.41 Å². The minimum atomic E-state index is -0.560. The van der Waals surface area contributed by atoms with Crippen LogP contribution in [0.3, 0.4) is 0 Å². The first kappa shape index (κ1) is 11.8. The number of piperidine rings is 1. The maximum Gasteiger partial charge on any atom is 0.237 e. The molecular formula is C14H17NO2. The van der Waals surface area contributed by atoms with Crippen molar-refractivity contribution in [3.8, 4) is 0 Å². The number of carbonyl (C=O) groups excluding carboxylic acids is 2. The topological polar surface area (TPSA) is 46.2 Å². The Morgan fingerprint density at radius 1 is 1.18 bits per heavy atom. The molecule has 0 saturated carbocycles. The average Bonchev–Trinajstić information content (AvgIpc) is 2.30. The minimum Gasteiger partial charge on any atom is -0.296 e. The van der Waals surface area contributed by atoms with E-state index in [-0.39, 0.29) is 17.7 Å². The molecule has 1 fully saturated rings. The molecule has 1 saturated heterocycles. The molecule has 1 aromatic rings. The number of imide groups is 1. The first-order chi connectivity index (χ1) is 8.07. The number of carbonyl (C=O) groups is 2. The van der Waals surface area contributed by atoms with Gasteiger partial charge in [-0.3, -0.25) is 14.9 Å². The molecule has 0 bridgehead atoms. The van der Waals surface area contributed by atoms with Crippen molar-refractivity contribution in [2.24, 2.45) is 5.92 Å². The van der Waals surface area contributed by atoms with Gasteiger partial charge in [0.1, 0.15) is 0 Å². The highest BCUT2D eigenvalue weighted by molar-refractivity contribution is 6.03. The molecule has 1 aromatic carbocycles. The maximum absolute atomic E-state index is 12.2. The third-order valence-electron chi connectivity index (χ3n) is 3.68. The molecule has 90 valence electrons. The number of hydrogen-bond donors (Lipinski definition) is 1. The zero-order valence-electron chi connectivity index (χ0n) is 10.2. The van der Waals surface area contributed by atoms with E-state index in [4.69, 9.17) is 0 Å². The van der Waals surface area contributed by atoms with E-state index >= 15 is 0 Å². The smallest absolute Gasteiger partial charge is 0.237 e. The monoisotopic (exact) mass is 231 g/mol. The Balaban J connectivity index is 2.47. The van der Waals surface area contributed by atoms with E-state index in [0.717, 1.165) is 5.56 Å². The summed E-state index contributed by atoms with van der Waals surface area (Å²) in [5.74, 6) is -0.157. The van der Waals surface area contributed by atoms with Crippen molar-refractivity contribution in [2.45, 2.75) is 32.1 Å². The largest absolute Gasteiger partial charge is 0.296 e. The molecule has 2 amide bonds. The first-order valence-electron chi connectivity index (χ1n) is 5.97. The maximum atomic E-state index is 12.2. The van der Waals surface area contributed by atoms with Gasteiger partial charge in [-0.25, -0.2) is 0 Å². The van der Waals surface area contributed by atoms with Crippen LogP contribution in [0, 0.1) is 5.92 Å². The normalized spacial score (nSPS) is 24.9. The van der Waals surface area contributed by atoms with Crippen molar-refractivity contribution in [2.75, 3.05) is 0 Å². The predicted molar refractivity (Wildman–Crippen MR) is 65.3 cm³/mol. The predicted octanol–water partition coefficient (Wildman–Crippen LogP) is 2.02. The summed E-state index contributed by atoms with van der Waals surface area (Å²) in [6, 6.07) is 9.74. The van der Waals surface area contributed by atoms with Crippen LogP contribution in [0.25, 0.3) is 0 Å². The molecule has 1 aliphatic heterocycles. The lowest BCUT2D eigenvalue weighted by molar-refractivity contribution is -0.139. The highest BCUT2D eigenvalue weighted by Gasteiger charge is 2.46. The van der Waals surface area contributed by atoms with E-state index in [1.807, 2.05) is 44.2 Å². The molecule has 0 aromatic heterocycles. The Hall–Kier alpha value is -1.64. The number of hydrogen-bond acceptors (Lipinski definition) is 2. The summed E-state index contributed by atoms with van der Waals surface area (Å²) in [6.07, 6.45) is 1.01. The second-order valence-corrected chi connectivity index (χ2v) is 4.87. The van der Waals surface area contributed by atoms with Crippen LogP contribution in [0.5, 0.6) is 0 Å². The zero-order valence-corrected chi connectivity index (χ0v) is 10.2. The SMILES string of the molecule is CC(C)[C@@]1(c2ccccc2)CCC(=O)NC1=O. The molecule has 2 rings (SSSR count). The Morgan fingerprint density at radius 3 is 2.35 bits per heavy atom. The van der Waals surface area contributed by atoms with E-state index in [0.29, 0.717) is 12.8 Å². The third kappa shape index (κ3) is 1.86. The van der Waals surface area contributed by atoms with Gasteiger partial charge in [-0.1, -0.05) is 44.2 Å². The van der Waals surface area contributed by atoms with Gasteiger partial charge in [0.25, 0.3) is 0 Å². The second-order valence-electron chi connectivity index (χ2n) is 4.87. The summed E-state index contributed by atoms with van der Waals surface area (Å²) >= 11 is 0. The van der Waals surface area contributed by atoms with Crippen LogP contribution in [0.4, 0.5) is 0 Å². The first-order valence-corrected chi connectivity index (χ1v) is 5.97. The van der Waals surface area contributed by atoms with Crippen molar-refractivity contribution in [3.63, 3.8) is 0 Å². The number of nitrogens with one attached hydrogen (secondary N) is 1. The van der Waals surface area contributed by atoms with E-state index in [2.05, 4.69) is 5.32 Å². The molecular weight excluding hydrogens is 214 g/mol. The highest BCUT2D eigenvalue weighted by atomic mass is 16.2. The van der Waals surface area contributed by atoms with Crippen molar-refractivity contribution in [3.05, 3.63) is 35.9 Å². The fourth-order valence-electron chi connectivity index (χ4n) is 2.62. The molecule has 1 heterocycles. The van der Waals surface area contributed by atoms with Gasteiger partial charge in [-0.2, -0.15) is 0 Å². The minimum absolute atomic E-state index is 0.157. The standard InChI is InChI=1S/C14H17NO2/c1-10(2)14(11-6-4-3-5-7-11)9-8-12(16)15-13(14)17/h3-7,10H,8-9H2,1-2H3,(H,15,16,17)/t14-/m1/s1. The van der Waals surface area contributed by atoms with E-state index in [1.54, 1.807) is 0 Å². The zero-order chi connectivity index (χ0) is 12.5. The Kier molecular flexibility index (Phi) is 3.01. The van der Waals surface area contributed by atoms with Crippen molar-refractivity contribution >= 4 is 11.8 Å². The van der Waals surface area contributed by atoms with Crippen LogP contribution >= 0.6 is 0 Å². The van der Waals surface area contributed by atoms with Crippen LogP contribution in [0.15, 0.2) is 30.3 Å². The number of rotatable bonds is 2. The molecule has 0 spiro atoms. The summed E-state index contributed by atoms with van der Waals surface area (Å²) in [4.78, 5) is 23.5. The lowest BCUT2D eigenvalue weighted by Crippen LogP contribution is -2.54. The number of benzene rings is 1. The molecule has 0 aliphatic carbocycles. The fourth-order valence-corrected chi connectivity index (χ4v) is 2.62. The molecule has 3 heteroatoms. The molecule has 1 aliphatic rings. The van der Waals surface area contributed by atoms with Crippen LogP contribution < -0.4 is 5.32 Å². The second kappa shape index (κ2) is 4.32. The van der Waals surface area contributed by atoms with Crippen LogP contribution in [-0.4, -0.2) is 11.8 Å². The van der Waals surface area contributed by atoms with Gasteiger partial charge in [-0.15, -0.1) is 0 Å². The highest BCUT2D eigenvalue weighted by Crippen LogP contribution is 2.39. The summed E-state index contributed by atoms with van der Waals surface area (Å²) in [6.45, 7) is 4.06. The van der Waals surface area contributed by atoms with Crippen LogP contribution in [-0.2, 0) is 15.0 Å². The van der Waals surface area contributed by atoms with Gasteiger partial charge >= 0.3 is 0 Å². The summed E-state index contributed by atoms with van der Waals surface area (Å²) in [5.41, 5.74) is 0.440. The molecule has 3 nitrogen and oxygen atoms in total. The molecule has 0 unspecified atom stereocenters. The number of amides is 2. The van der Waals surface area contributed by atoms with Crippen molar-refractivity contribution < 1.29 is 9.59 Å². The van der Waals surface area contributed by atoms with E-state index in [9.17, 15) is 9.59 Å². The lowest BCUT2D eigenvalue weighted by Gasteiger charge is -2.39. The average molecular weight is 231 g/mol. The quantitative estimate of drug-likeness (QED) is 0.791. The molecule has 1 N–H and O–H groups in total. The van der Waals surface area contributed by atoms with Gasteiger partial charge in [0.15, 0.2) is 0 Å². The van der Waals surface area contributed by atoms with Crippen LogP contribution in [0.1, 0.15) is 32.3 Å². The Bertz CT molecular complexity index is 439. The van der Waals surface area contributed by atoms with Crippen molar-refractivity contribution in [1.29, 1.82) is 0 Å². The Morgan fingerprint density at radius 2 is 1.82 bits per heavy atom. The van der Waals surface area contributed by atoms with Gasteiger partial charge < -0.3 is 0 Å². The lowest BCUT2D eigenvalue weighted by atomic mass is 9.66. The summed E-state index contributed by atoms with van der Waals surface area (Å²) in [7, 11) is 0. The molecule has 0 radical (unpaired) electrons. The van der Waals surface area contributed by atoms with E-state index < -0.39 is 5.41 Å². The summed E-state index contributed by atoms with van der Waals surface area (Å²) in [5, 5.41) is 2.47. The molecule has 17 heavy (non-hydrogen) atoms.